The number of nitrogens with one attached hydrogen (secondary N) is 2. The van der Waals surface area contributed by atoms with E-state index in [2.05, 4.69) is 10.6 Å². The van der Waals surface area contributed by atoms with Crippen LogP contribution in [0.3, 0.4) is 0 Å². The predicted octanol–water partition coefficient (Wildman–Crippen LogP) is 4.15. The monoisotopic (exact) mass is 494 g/mol. The highest BCUT2D eigenvalue weighted by atomic mass is 35.5. The molecule has 0 bridgehead atoms. The number of hydrogen-bond donors (Lipinski definition) is 2. The molecule has 7 nitrogen and oxygen atoms in total. The Morgan fingerprint density at radius 3 is 2.29 bits per heavy atom. The van der Waals surface area contributed by atoms with Crippen LogP contribution in [-0.4, -0.2) is 53.3 Å². The zero-order valence-electron chi connectivity index (χ0n) is 18.8. The minimum Gasteiger partial charge on any atom is -0.350 e. The average Bonchev–Trinajstić information content (AvgIpc) is 2.89. The lowest BCUT2D eigenvalue weighted by Gasteiger charge is -2.40. The van der Waals surface area contributed by atoms with E-state index in [9.17, 15) is 18.8 Å². The number of amides is 4. The Hall–Kier alpha value is -3.91. The van der Waals surface area contributed by atoms with Crippen LogP contribution < -0.4 is 10.6 Å². The van der Waals surface area contributed by atoms with Crippen molar-refractivity contribution in [3.8, 4) is 0 Å². The Morgan fingerprint density at radius 2 is 1.60 bits per heavy atom. The van der Waals surface area contributed by atoms with Crippen molar-refractivity contribution in [2.75, 3.05) is 25.0 Å². The third-order valence-electron chi connectivity index (χ3n) is 5.73. The molecule has 1 heterocycles. The van der Waals surface area contributed by atoms with E-state index in [0.29, 0.717) is 22.8 Å². The number of rotatable bonds is 5. The van der Waals surface area contributed by atoms with Crippen molar-refractivity contribution >= 4 is 35.1 Å². The average molecular weight is 495 g/mol. The summed E-state index contributed by atoms with van der Waals surface area (Å²) in [6.45, 7) is 0.699. The van der Waals surface area contributed by atoms with Crippen molar-refractivity contribution in [3.05, 3.63) is 101 Å². The molecule has 1 fully saturated rings. The highest BCUT2D eigenvalue weighted by Gasteiger charge is 2.37. The second-order valence-corrected chi connectivity index (χ2v) is 8.54. The molecule has 2 N–H and O–H groups in total. The Bertz CT molecular complexity index is 1190. The van der Waals surface area contributed by atoms with Crippen molar-refractivity contribution in [1.82, 2.24) is 15.1 Å². The second-order valence-electron chi connectivity index (χ2n) is 8.11. The van der Waals surface area contributed by atoms with Crippen LogP contribution in [0.25, 0.3) is 0 Å². The van der Waals surface area contributed by atoms with E-state index in [0.717, 1.165) is 5.56 Å². The summed E-state index contributed by atoms with van der Waals surface area (Å²) in [5.74, 6) is -1.09. The maximum Gasteiger partial charge on any atom is 0.321 e. The van der Waals surface area contributed by atoms with Crippen LogP contribution in [0.1, 0.15) is 15.9 Å². The van der Waals surface area contributed by atoms with Crippen LogP contribution >= 0.6 is 11.6 Å². The molecular formula is C26H24ClFN4O3. The highest BCUT2D eigenvalue weighted by molar-refractivity contribution is 6.30. The second kappa shape index (κ2) is 11.0. The molecule has 180 valence electrons. The molecule has 0 saturated carbocycles. The quantitative estimate of drug-likeness (QED) is 0.559. The molecule has 1 saturated heterocycles. The predicted molar refractivity (Wildman–Crippen MR) is 132 cm³/mol. The molecule has 35 heavy (non-hydrogen) atoms. The molecule has 3 aromatic rings. The third kappa shape index (κ3) is 6.16. The standard InChI is InChI=1S/C26H24ClFN4O3/c27-20-8-6-19(7-9-20)25(34)32-15-14-31(26(35)30-22-12-10-21(28)11-13-22)17-23(32)24(33)29-16-18-4-2-1-3-5-18/h1-13,23H,14-17H2,(H,29,33)(H,30,35). The molecule has 0 spiro atoms. The molecule has 1 aliphatic rings. The smallest absolute Gasteiger partial charge is 0.321 e. The summed E-state index contributed by atoms with van der Waals surface area (Å²) in [6.07, 6.45) is 0. The Kier molecular flexibility index (Phi) is 7.62. The molecule has 3 aromatic carbocycles. The van der Waals surface area contributed by atoms with Gasteiger partial charge in [-0.15, -0.1) is 0 Å². The van der Waals surface area contributed by atoms with Crippen LogP contribution in [0.2, 0.25) is 5.02 Å². The zero-order chi connectivity index (χ0) is 24.8. The van der Waals surface area contributed by atoms with Crippen molar-refractivity contribution in [1.29, 1.82) is 0 Å². The lowest BCUT2D eigenvalue weighted by Crippen LogP contribution is -2.62. The summed E-state index contributed by atoms with van der Waals surface area (Å²) in [7, 11) is 0. The first-order chi connectivity index (χ1) is 16.9. The van der Waals surface area contributed by atoms with Gasteiger partial charge in [0.2, 0.25) is 5.91 Å². The minimum atomic E-state index is -0.894. The number of piperazine rings is 1. The number of halogens is 2. The van der Waals surface area contributed by atoms with Crippen LogP contribution in [0.4, 0.5) is 14.9 Å². The van der Waals surface area contributed by atoms with Crippen molar-refractivity contribution in [2.45, 2.75) is 12.6 Å². The normalized spacial score (nSPS) is 15.4. The van der Waals surface area contributed by atoms with Gasteiger partial charge in [-0.3, -0.25) is 9.59 Å². The molecule has 0 radical (unpaired) electrons. The van der Waals surface area contributed by atoms with Gasteiger partial charge in [-0.2, -0.15) is 0 Å². The van der Waals surface area contributed by atoms with Crippen LogP contribution in [-0.2, 0) is 11.3 Å². The fourth-order valence-corrected chi connectivity index (χ4v) is 3.96. The molecule has 9 heteroatoms. The lowest BCUT2D eigenvalue weighted by atomic mass is 10.1. The topological polar surface area (TPSA) is 81.8 Å². The van der Waals surface area contributed by atoms with E-state index in [1.165, 1.54) is 34.1 Å². The first-order valence-electron chi connectivity index (χ1n) is 11.1. The number of carbonyl (C=O) groups is 3. The first kappa shape index (κ1) is 24.2. The first-order valence-corrected chi connectivity index (χ1v) is 11.5. The van der Waals surface area contributed by atoms with Crippen LogP contribution in [0, 0.1) is 5.82 Å². The Balaban J connectivity index is 1.50. The van der Waals surface area contributed by atoms with E-state index in [4.69, 9.17) is 11.6 Å². The van der Waals surface area contributed by atoms with E-state index in [1.807, 2.05) is 30.3 Å². The van der Waals surface area contributed by atoms with Gasteiger partial charge in [0.05, 0.1) is 6.54 Å². The number of benzene rings is 3. The fraction of sp³-hybridized carbons (Fsp3) is 0.192. The van der Waals surface area contributed by atoms with Crippen LogP contribution in [0.15, 0.2) is 78.9 Å². The third-order valence-corrected chi connectivity index (χ3v) is 5.98. The summed E-state index contributed by atoms with van der Waals surface area (Å²) >= 11 is 5.95. The lowest BCUT2D eigenvalue weighted by molar-refractivity contribution is -0.127. The highest BCUT2D eigenvalue weighted by Crippen LogP contribution is 2.18. The SMILES string of the molecule is O=C(NCc1ccccc1)C1CN(C(=O)Nc2ccc(F)cc2)CCN1C(=O)c1ccc(Cl)cc1. The summed E-state index contributed by atoms with van der Waals surface area (Å²) in [5, 5.41) is 6.09. The van der Waals surface area contributed by atoms with Gasteiger partial charge in [0.15, 0.2) is 0 Å². The maximum absolute atomic E-state index is 13.2. The van der Waals surface area contributed by atoms with Gasteiger partial charge in [-0.05, 0) is 54.1 Å². The molecule has 0 aromatic heterocycles. The number of carbonyl (C=O) groups excluding carboxylic acids is 3. The minimum absolute atomic E-state index is 0.00693. The van der Waals surface area contributed by atoms with Crippen molar-refractivity contribution in [3.63, 3.8) is 0 Å². The summed E-state index contributed by atoms with van der Waals surface area (Å²) < 4.78 is 13.2. The van der Waals surface area contributed by atoms with Gasteiger partial charge >= 0.3 is 6.03 Å². The summed E-state index contributed by atoms with van der Waals surface area (Å²) in [4.78, 5) is 42.3. The Labute approximate surface area is 207 Å². The van der Waals surface area contributed by atoms with E-state index in [-0.39, 0.29) is 31.4 Å². The van der Waals surface area contributed by atoms with Gasteiger partial charge < -0.3 is 20.4 Å². The van der Waals surface area contributed by atoms with E-state index < -0.39 is 17.9 Å². The molecule has 1 aliphatic heterocycles. The maximum atomic E-state index is 13.2. The Morgan fingerprint density at radius 1 is 0.914 bits per heavy atom. The van der Waals surface area contributed by atoms with Crippen molar-refractivity contribution in [2.24, 2.45) is 0 Å². The number of nitrogens with zero attached hydrogens (tertiary/aromatic N) is 2. The molecular weight excluding hydrogens is 471 g/mol. The van der Waals surface area contributed by atoms with Gasteiger partial charge in [-0.25, -0.2) is 9.18 Å². The summed E-state index contributed by atoms with van der Waals surface area (Å²) in [5.41, 5.74) is 1.75. The molecule has 1 unspecified atom stereocenters. The molecule has 4 rings (SSSR count). The number of hydrogen-bond acceptors (Lipinski definition) is 3. The van der Waals surface area contributed by atoms with Gasteiger partial charge in [-0.1, -0.05) is 41.9 Å². The largest absolute Gasteiger partial charge is 0.350 e. The number of urea groups is 1. The molecule has 4 amide bonds. The summed E-state index contributed by atoms with van der Waals surface area (Å²) in [6, 6.07) is 19.9. The fourth-order valence-electron chi connectivity index (χ4n) is 3.83. The van der Waals surface area contributed by atoms with Gasteiger partial charge in [0.25, 0.3) is 5.91 Å². The number of anilines is 1. The molecule has 1 atom stereocenters. The van der Waals surface area contributed by atoms with Gasteiger partial charge in [0.1, 0.15) is 11.9 Å². The van der Waals surface area contributed by atoms with Crippen LogP contribution in [0.5, 0.6) is 0 Å². The van der Waals surface area contributed by atoms with E-state index >= 15 is 0 Å². The van der Waals surface area contributed by atoms with E-state index in [1.54, 1.807) is 24.3 Å². The van der Waals surface area contributed by atoms with Crippen molar-refractivity contribution < 1.29 is 18.8 Å². The molecule has 0 aliphatic carbocycles. The van der Waals surface area contributed by atoms with Gasteiger partial charge in [0, 0.05) is 35.9 Å². The zero-order valence-corrected chi connectivity index (χ0v) is 19.5.